The van der Waals surface area contributed by atoms with Crippen LogP contribution in [0.5, 0.6) is 23.0 Å². The zero-order chi connectivity index (χ0) is 49.4. The maximum absolute atomic E-state index is 12.6. The summed E-state index contributed by atoms with van der Waals surface area (Å²) in [5.41, 5.74) is 3.64. The first-order chi connectivity index (χ1) is 30.7. The Morgan fingerprint density at radius 1 is 0.591 bits per heavy atom. The van der Waals surface area contributed by atoms with Crippen LogP contribution in [0.15, 0.2) is 78.9 Å². The molecule has 3 aromatic rings. The van der Waals surface area contributed by atoms with Gasteiger partial charge in [-0.15, -0.1) is 0 Å². The number of benzene rings is 3. The van der Waals surface area contributed by atoms with Gasteiger partial charge in [-0.1, -0.05) is 49.0 Å². The lowest BCUT2D eigenvalue weighted by Gasteiger charge is -2.46. The zero-order valence-electron chi connectivity index (χ0n) is 42.3. The maximum Gasteiger partial charge on any atom is 0.412 e. The third-order valence-corrected chi connectivity index (χ3v) is 33.1. The van der Waals surface area contributed by atoms with Gasteiger partial charge in [-0.25, -0.2) is 9.59 Å². The van der Waals surface area contributed by atoms with Crippen LogP contribution in [0.3, 0.4) is 0 Å². The van der Waals surface area contributed by atoms with E-state index in [0.717, 1.165) is 55.3 Å². The predicted octanol–water partition coefficient (Wildman–Crippen LogP) is 11.5. The first kappa shape index (κ1) is 57.0. The number of amides is 1. The number of carbonyl (C=O) groups excluding carboxylic acids is 2. The van der Waals surface area contributed by atoms with Crippen molar-refractivity contribution < 1.29 is 54.2 Å². The van der Waals surface area contributed by atoms with E-state index in [1.807, 2.05) is 30.3 Å². The Bertz CT molecular complexity index is 2030. The van der Waals surface area contributed by atoms with Crippen molar-refractivity contribution in [3.63, 3.8) is 0 Å². The summed E-state index contributed by atoms with van der Waals surface area (Å²) in [5, 5.41) is 12.9. The largest absolute Gasteiger partial charge is 0.504 e. The number of phenolic OH excluding ortho intramolecular Hbond substituents is 1. The van der Waals surface area contributed by atoms with Gasteiger partial charge in [0.15, 0.2) is 39.6 Å². The molecule has 0 aliphatic rings. The minimum Gasteiger partial charge on any atom is -0.504 e. The van der Waals surface area contributed by atoms with E-state index in [1.165, 1.54) is 12.7 Å². The highest BCUT2D eigenvalue weighted by atomic mass is 28.5. The molecule has 1 amide bonds. The molecule has 3 rings (SSSR count). The molecule has 66 heavy (non-hydrogen) atoms. The van der Waals surface area contributed by atoms with Gasteiger partial charge in [0.1, 0.15) is 6.61 Å². The molecule has 0 aliphatic carbocycles. The molecule has 19 heteroatoms. The standard InChI is InChI=1S/C47H79NO12Si6/c1-38(2)46(50)54-32-31-48-47(51)55-43-30-28-41(37-45(43)53-4)26-20-33-64(13,57-62(8,9)10)59-66(15,35-21-25-40-27-29-42(49)44(36-40)52-3)60-65(14,58-63(11,12)56-61(5,6)7)34-19-24-39-22-17-16-18-23-39/h16-18,22-23,27-30,36-37,49H,1,19-21,24-26,31-35H2,2-15H3,(H,48,51). The van der Waals surface area contributed by atoms with Crippen molar-refractivity contribution in [3.05, 3.63) is 95.6 Å². The van der Waals surface area contributed by atoms with Gasteiger partial charge in [-0.3, -0.25) is 0 Å². The van der Waals surface area contributed by atoms with Crippen LogP contribution in [-0.4, -0.2) is 95.4 Å². The summed E-state index contributed by atoms with van der Waals surface area (Å²) < 4.78 is 58.1. The average Bonchev–Trinajstić information content (AvgIpc) is 3.18. The number of phenols is 1. The summed E-state index contributed by atoms with van der Waals surface area (Å²) in [5.74, 6) is 0.733. The molecular weight excluding hydrogens is 939 g/mol. The highest BCUT2D eigenvalue weighted by Gasteiger charge is 2.51. The third kappa shape index (κ3) is 21.3. The van der Waals surface area contributed by atoms with Gasteiger partial charge in [0.25, 0.3) is 0 Å². The number of aromatic hydroxyl groups is 1. The lowest BCUT2D eigenvalue weighted by molar-refractivity contribution is -0.138. The Hall–Kier alpha value is -3.36. The molecule has 368 valence electrons. The van der Waals surface area contributed by atoms with Crippen LogP contribution in [0.4, 0.5) is 4.79 Å². The van der Waals surface area contributed by atoms with Crippen LogP contribution in [0.1, 0.15) is 42.9 Å². The van der Waals surface area contributed by atoms with E-state index in [9.17, 15) is 14.7 Å². The van der Waals surface area contributed by atoms with E-state index < -0.39 is 62.9 Å². The summed E-state index contributed by atoms with van der Waals surface area (Å²) in [4.78, 5) is 24.2. The summed E-state index contributed by atoms with van der Waals surface area (Å²) >= 11 is 0. The molecule has 2 N–H and O–H groups in total. The second kappa shape index (κ2) is 25.3. The van der Waals surface area contributed by atoms with Gasteiger partial charge >= 0.3 is 46.3 Å². The highest BCUT2D eigenvalue weighted by Crippen LogP contribution is 2.36. The van der Waals surface area contributed by atoms with Gasteiger partial charge < -0.3 is 49.9 Å². The monoisotopic (exact) mass is 1020 g/mol. The number of esters is 1. The second-order valence-electron chi connectivity index (χ2n) is 19.8. The van der Waals surface area contributed by atoms with E-state index >= 15 is 0 Å². The van der Waals surface area contributed by atoms with Crippen molar-refractivity contribution in [2.45, 2.75) is 136 Å². The Labute approximate surface area is 402 Å². The predicted molar refractivity (Wildman–Crippen MR) is 278 cm³/mol. The van der Waals surface area contributed by atoms with E-state index in [0.29, 0.717) is 24.0 Å². The molecule has 3 aromatic carbocycles. The van der Waals surface area contributed by atoms with Gasteiger partial charge in [0, 0.05) is 5.57 Å². The van der Waals surface area contributed by atoms with Crippen LogP contribution in [0.2, 0.25) is 90.1 Å². The minimum absolute atomic E-state index is 0.00928. The van der Waals surface area contributed by atoms with Crippen LogP contribution in [-0.2, 0) is 49.4 Å². The van der Waals surface area contributed by atoms with Crippen molar-refractivity contribution in [3.8, 4) is 23.0 Å². The molecule has 0 radical (unpaired) electrons. The summed E-state index contributed by atoms with van der Waals surface area (Å²) in [6, 6.07) is 23.8. The molecule has 0 heterocycles. The molecule has 3 atom stereocenters. The van der Waals surface area contributed by atoms with Gasteiger partial charge in [-0.05, 0) is 177 Å². The van der Waals surface area contributed by atoms with Crippen LogP contribution >= 0.6 is 0 Å². The van der Waals surface area contributed by atoms with Crippen LogP contribution in [0, 0.1) is 0 Å². The number of hydrogen-bond donors (Lipinski definition) is 2. The van der Waals surface area contributed by atoms with Crippen molar-refractivity contribution in [2.75, 3.05) is 27.4 Å². The minimum atomic E-state index is -3.09. The highest BCUT2D eigenvalue weighted by molar-refractivity contribution is 6.92. The van der Waals surface area contributed by atoms with Crippen molar-refractivity contribution in [2.24, 2.45) is 0 Å². The third-order valence-electron chi connectivity index (χ3n) is 10.2. The molecule has 0 fully saturated rings. The number of rotatable bonds is 29. The Kier molecular flexibility index (Phi) is 21.8. The van der Waals surface area contributed by atoms with Gasteiger partial charge in [-0.2, -0.15) is 0 Å². The molecule has 0 saturated carbocycles. The van der Waals surface area contributed by atoms with E-state index in [-0.39, 0.29) is 30.2 Å². The van der Waals surface area contributed by atoms with Crippen molar-refractivity contribution in [1.82, 2.24) is 5.32 Å². The molecule has 0 saturated heterocycles. The molecule has 0 bridgehead atoms. The molecule has 0 aliphatic heterocycles. The van der Waals surface area contributed by atoms with Crippen molar-refractivity contribution in [1.29, 1.82) is 0 Å². The van der Waals surface area contributed by atoms with Crippen LogP contribution in [0.25, 0.3) is 0 Å². The van der Waals surface area contributed by atoms with E-state index in [4.69, 9.17) is 39.5 Å². The molecular formula is C47H79NO12Si6. The van der Waals surface area contributed by atoms with Crippen molar-refractivity contribution >= 4 is 62.9 Å². The first-order valence-corrected chi connectivity index (χ1v) is 40.2. The molecule has 0 spiro atoms. The lowest BCUT2D eigenvalue weighted by atomic mass is 10.1. The lowest BCUT2D eigenvalue weighted by Crippen LogP contribution is -2.62. The quantitative estimate of drug-likeness (QED) is 0.0295. The smallest absolute Gasteiger partial charge is 0.412 e. The molecule has 0 aromatic heterocycles. The summed E-state index contributed by atoms with van der Waals surface area (Å²) in [6.07, 6.45) is 4.17. The van der Waals surface area contributed by atoms with E-state index in [1.54, 1.807) is 26.2 Å². The normalized spacial score (nSPS) is 14.9. The number of ether oxygens (including phenoxy) is 4. The fraction of sp³-hybridized carbons (Fsp3) is 0.532. The average molecular weight is 1020 g/mol. The topological polar surface area (TPSA) is 149 Å². The molecule has 13 nitrogen and oxygen atoms in total. The number of carbonyl (C=O) groups is 2. The van der Waals surface area contributed by atoms with Crippen LogP contribution < -0.4 is 19.5 Å². The Balaban J connectivity index is 1.91. The molecule has 3 unspecified atom stereocenters. The SMILES string of the molecule is C=C(C)C(=O)OCCNC(=O)Oc1ccc(CCC[Si](C)(O[Si](C)(C)C)O[Si](C)(CCCc2ccc(O)c(OC)c2)O[Si](C)(CCCc2ccccc2)O[Si](C)(C)O[Si](C)(C)C)cc1OC. The Morgan fingerprint density at radius 3 is 1.59 bits per heavy atom. The van der Waals surface area contributed by atoms with Gasteiger partial charge in [0.2, 0.25) is 0 Å². The summed E-state index contributed by atoms with van der Waals surface area (Å²) in [7, 11) is -12.6. The number of methoxy groups -OCH3 is 2. The maximum atomic E-state index is 12.6. The zero-order valence-corrected chi connectivity index (χ0v) is 48.3. The fourth-order valence-corrected chi connectivity index (χ4v) is 37.7. The number of aryl methyl sites for hydroxylation is 3. The van der Waals surface area contributed by atoms with E-state index in [2.05, 4.69) is 108 Å². The second-order valence-corrected chi connectivity index (χ2v) is 43.4. The summed E-state index contributed by atoms with van der Waals surface area (Å²) in [6.45, 7) is 29.4. The van der Waals surface area contributed by atoms with Gasteiger partial charge in [0.05, 0.1) is 20.8 Å². The Morgan fingerprint density at radius 2 is 1.08 bits per heavy atom. The first-order valence-electron chi connectivity index (χ1n) is 23.0. The number of nitrogens with one attached hydrogen (secondary N) is 1. The fourth-order valence-electron chi connectivity index (χ4n) is 8.08. The number of hydrogen-bond acceptors (Lipinski definition) is 12.